The number of allylic oxidation sites excluding steroid dienone is 1. The second kappa shape index (κ2) is 8.56. The molecule has 3 heterocycles. The number of hydrogen-bond donors (Lipinski definition) is 0. The van der Waals surface area contributed by atoms with Crippen molar-refractivity contribution in [1.29, 1.82) is 0 Å². The predicted molar refractivity (Wildman–Crippen MR) is 122 cm³/mol. The van der Waals surface area contributed by atoms with Crippen LogP contribution in [-0.2, 0) is 0 Å². The maximum Gasteiger partial charge on any atom is 0.161 e. The minimum atomic E-state index is 0.689. The maximum absolute atomic E-state index is 5.46. The Hall–Kier alpha value is -2.73. The fourth-order valence-corrected chi connectivity index (χ4v) is 4.40. The van der Waals surface area contributed by atoms with Crippen LogP contribution in [0.3, 0.4) is 0 Å². The van der Waals surface area contributed by atoms with E-state index in [1.807, 2.05) is 18.2 Å². The van der Waals surface area contributed by atoms with Crippen molar-refractivity contribution in [3.05, 3.63) is 53.4 Å². The second-order valence-electron chi connectivity index (χ2n) is 8.31. The Kier molecular flexibility index (Phi) is 5.86. The molecular weight excluding hydrogens is 376 g/mol. The van der Waals surface area contributed by atoms with Crippen molar-refractivity contribution in [1.82, 2.24) is 14.7 Å². The van der Waals surface area contributed by atoms with Gasteiger partial charge in [0.05, 0.1) is 25.6 Å². The van der Waals surface area contributed by atoms with Gasteiger partial charge in [0.15, 0.2) is 11.5 Å². The number of hydrogen-bond acceptors (Lipinski definition) is 6. The van der Waals surface area contributed by atoms with Crippen LogP contribution < -0.4 is 9.47 Å². The molecule has 30 heavy (non-hydrogen) atoms. The summed E-state index contributed by atoms with van der Waals surface area (Å²) in [5.74, 6) is 2.47. The second-order valence-corrected chi connectivity index (χ2v) is 8.31. The van der Waals surface area contributed by atoms with Crippen LogP contribution in [0.15, 0.2) is 52.8 Å². The fourth-order valence-electron chi connectivity index (χ4n) is 4.40. The highest BCUT2D eigenvalue weighted by molar-refractivity contribution is 6.04. The van der Waals surface area contributed by atoms with Gasteiger partial charge in [0.2, 0.25) is 0 Å². The van der Waals surface area contributed by atoms with Gasteiger partial charge in [0, 0.05) is 37.4 Å². The van der Waals surface area contributed by atoms with Gasteiger partial charge in [-0.3, -0.25) is 0 Å². The largest absolute Gasteiger partial charge is 0.493 e. The van der Waals surface area contributed by atoms with E-state index in [1.165, 1.54) is 24.1 Å². The number of ether oxygens (including phenoxy) is 2. The summed E-state index contributed by atoms with van der Waals surface area (Å²) >= 11 is 0. The molecule has 0 spiro atoms. The average molecular weight is 409 g/mol. The fraction of sp³-hybridized carbons (Fsp3) is 0.458. The van der Waals surface area contributed by atoms with Gasteiger partial charge in [-0.15, -0.1) is 0 Å². The van der Waals surface area contributed by atoms with Crippen molar-refractivity contribution in [2.24, 2.45) is 4.99 Å². The van der Waals surface area contributed by atoms with E-state index in [-0.39, 0.29) is 0 Å². The van der Waals surface area contributed by atoms with Gasteiger partial charge in [-0.1, -0.05) is 0 Å². The normalized spacial score (nSPS) is 19.7. The summed E-state index contributed by atoms with van der Waals surface area (Å²) in [6.45, 7) is 5.17. The lowest BCUT2D eigenvalue weighted by molar-refractivity contribution is 0.172. The zero-order valence-corrected chi connectivity index (χ0v) is 18.7. The standard InChI is InChI=1S/C24H32N4O2/c1-17-14-20(27-11-8-19(9-12-27)26(2)3)16-28-13-10-21(25-24(17)28)18-6-7-22(29-4)23(15-18)30-5/h6-7,10,14-16,19H,8-9,11-13H2,1-5H3. The molecule has 160 valence electrons. The zero-order valence-electron chi connectivity index (χ0n) is 18.7. The molecule has 0 unspecified atom stereocenters. The molecule has 1 aromatic carbocycles. The van der Waals surface area contributed by atoms with Gasteiger partial charge in [-0.25, -0.2) is 4.99 Å². The summed E-state index contributed by atoms with van der Waals surface area (Å²) in [6.07, 6.45) is 9.13. The van der Waals surface area contributed by atoms with E-state index in [4.69, 9.17) is 14.5 Å². The van der Waals surface area contributed by atoms with E-state index in [1.54, 1.807) is 14.2 Å². The number of nitrogens with zero attached hydrogens (tertiary/aromatic N) is 4. The molecule has 0 aromatic heterocycles. The zero-order chi connectivity index (χ0) is 21.3. The van der Waals surface area contributed by atoms with Crippen molar-refractivity contribution in [2.75, 3.05) is 47.9 Å². The molecule has 0 N–H and O–H groups in total. The summed E-state index contributed by atoms with van der Waals surface area (Å²) < 4.78 is 10.8. The van der Waals surface area contributed by atoms with Crippen LogP contribution in [0.25, 0.3) is 5.70 Å². The topological polar surface area (TPSA) is 40.5 Å². The molecule has 0 aliphatic carbocycles. The molecule has 6 heteroatoms. The third-order valence-electron chi connectivity index (χ3n) is 6.22. The molecule has 3 aliphatic heterocycles. The Bertz CT molecular complexity index is 921. The Morgan fingerprint density at radius 3 is 2.47 bits per heavy atom. The molecular formula is C24H32N4O2. The van der Waals surface area contributed by atoms with Crippen LogP contribution >= 0.6 is 0 Å². The lowest BCUT2D eigenvalue weighted by Crippen LogP contribution is -2.43. The molecule has 4 rings (SSSR count). The lowest BCUT2D eigenvalue weighted by atomic mass is 10.0. The first-order chi connectivity index (χ1) is 14.5. The Balaban J connectivity index is 1.52. The van der Waals surface area contributed by atoms with Crippen LogP contribution in [0.2, 0.25) is 0 Å². The van der Waals surface area contributed by atoms with Crippen LogP contribution in [0, 0.1) is 0 Å². The number of fused-ring (bicyclic) bond motifs is 1. The van der Waals surface area contributed by atoms with Crippen molar-refractivity contribution >= 4 is 11.5 Å². The SMILES string of the molecule is COc1ccc(C2=CCN3C=C(N4CCC(N(C)C)CC4)C=C(C)C3=N2)cc1OC. The average Bonchev–Trinajstić information content (AvgIpc) is 2.78. The van der Waals surface area contributed by atoms with Crippen LogP contribution in [-0.4, -0.2) is 74.5 Å². The van der Waals surface area contributed by atoms with Crippen LogP contribution in [0.1, 0.15) is 25.3 Å². The van der Waals surface area contributed by atoms with Crippen LogP contribution in [0.5, 0.6) is 11.5 Å². The number of benzene rings is 1. The minimum Gasteiger partial charge on any atom is -0.493 e. The summed E-state index contributed by atoms with van der Waals surface area (Å²) in [5, 5.41) is 0. The molecule has 1 fully saturated rings. The van der Waals surface area contributed by atoms with Crippen molar-refractivity contribution in [2.45, 2.75) is 25.8 Å². The first-order valence-corrected chi connectivity index (χ1v) is 10.6. The highest BCUT2D eigenvalue weighted by Crippen LogP contribution is 2.33. The predicted octanol–water partition coefficient (Wildman–Crippen LogP) is 3.59. The number of likely N-dealkylation sites (tertiary alicyclic amines) is 1. The highest BCUT2D eigenvalue weighted by Gasteiger charge is 2.26. The van der Waals surface area contributed by atoms with E-state index in [0.29, 0.717) is 6.04 Å². The number of piperidine rings is 1. The highest BCUT2D eigenvalue weighted by atomic mass is 16.5. The summed E-state index contributed by atoms with van der Waals surface area (Å²) in [7, 11) is 7.68. The minimum absolute atomic E-state index is 0.689. The summed E-state index contributed by atoms with van der Waals surface area (Å²) in [4.78, 5) is 12.1. The van der Waals surface area contributed by atoms with Gasteiger partial charge >= 0.3 is 0 Å². The van der Waals surface area contributed by atoms with Gasteiger partial charge in [-0.05, 0) is 69.8 Å². The first kappa shape index (κ1) is 20.5. The van der Waals surface area contributed by atoms with Crippen molar-refractivity contribution < 1.29 is 9.47 Å². The summed E-state index contributed by atoms with van der Waals surface area (Å²) in [5.41, 5.74) is 4.51. The van der Waals surface area contributed by atoms with Gasteiger partial charge < -0.3 is 24.2 Å². The number of rotatable bonds is 5. The molecule has 6 nitrogen and oxygen atoms in total. The molecule has 0 atom stereocenters. The maximum atomic E-state index is 5.46. The van der Waals surface area contributed by atoms with Gasteiger partial charge in [0.25, 0.3) is 0 Å². The molecule has 0 radical (unpaired) electrons. The van der Waals surface area contributed by atoms with Gasteiger partial charge in [0.1, 0.15) is 5.84 Å². The molecule has 3 aliphatic rings. The molecule has 0 bridgehead atoms. The third-order valence-corrected chi connectivity index (χ3v) is 6.22. The van der Waals surface area contributed by atoms with Crippen LogP contribution in [0.4, 0.5) is 0 Å². The van der Waals surface area contributed by atoms with E-state index in [9.17, 15) is 0 Å². The van der Waals surface area contributed by atoms with Crippen molar-refractivity contribution in [3.8, 4) is 11.5 Å². The smallest absolute Gasteiger partial charge is 0.161 e. The van der Waals surface area contributed by atoms with Gasteiger partial charge in [-0.2, -0.15) is 0 Å². The Morgan fingerprint density at radius 2 is 1.80 bits per heavy atom. The first-order valence-electron chi connectivity index (χ1n) is 10.6. The van der Waals surface area contributed by atoms with E-state index in [2.05, 4.69) is 54.1 Å². The molecule has 1 saturated heterocycles. The monoisotopic (exact) mass is 408 g/mol. The number of methoxy groups -OCH3 is 2. The van der Waals surface area contributed by atoms with E-state index < -0.39 is 0 Å². The Labute approximate surface area is 179 Å². The quantitative estimate of drug-likeness (QED) is 0.745. The molecule has 1 aromatic rings. The molecule has 0 amide bonds. The van der Waals surface area contributed by atoms with E-state index >= 15 is 0 Å². The Morgan fingerprint density at radius 1 is 1.07 bits per heavy atom. The number of aliphatic imine (C=N–C) groups is 1. The third kappa shape index (κ3) is 3.97. The lowest BCUT2D eigenvalue weighted by Gasteiger charge is -2.39. The molecule has 0 saturated carbocycles. The summed E-state index contributed by atoms with van der Waals surface area (Å²) in [6, 6.07) is 6.64. The number of amidine groups is 1. The van der Waals surface area contributed by atoms with E-state index in [0.717, 1.165) is 48.2 Å². The van der Waals surface area contributed by atoms with Crippen molar-refractivity contribution in [3.63, 3.8) is 0 Å².